The third kappa shape index (κ3) is 5.24. The predicted molar refractivity (Wildman–Crippen MR) is 127 cm³/mol. The highest BCUT2D eigenvalue weighted by molar-refractivity contribution is 7.88. The van der Waals surface area contributed by atoms with Gasteiger partial charge in [-0.3, -0.25) is 4.79 Å². The van der Waals surface area contributed by atoms with E-state index in [0.29, 0.717) is 37.7 Å². The quantitative estimate of drug-likeness (QED) is 0.291. The van der Waals surface area contributed by atoms with E-state index < -0.39 is 26.4 Å². The lowest BCUT2D eigenvalue weighted by atomic mass is 9.95. The Morgan fingerprint density at radius 1 is 1.12 bits per heavy atom. The van der Waals surface area contributed by atoms with Crippen LogP contribution in [0.4, 0.5) is 4.39 Å². The first-order valence-electron chi connectivity index (χ1n) is 9.57. The fourth-order valence-corrected chi connectivity index (χ4v) is 5.49. The van der Waals surface area contributed by atoms with Crippen LogP contribution in [0.1, 0.15) is 5.56 Å². The minimum Gasteiger partial charge on any atom is -0.382 e. The van der Waals surface area contributed by atoms with Crippen LogP contribution < -0.4 is 14.5 Å². The molecule has 2 aromatic carbocycles. The Hall–Kier alpha value is -2.80. The second kappa shape index (κ2) is 8.52. The number of hydrogen-bond acceptors (Lipinski definition) is 7. The van der Waals surface area contributed by atoms with Crippen molar-refractivity contribution in [2.24, 2.45) is 0 Å². The number of aromatic amines is 1. The Kier molecular flexibility index (Phi) is 6.03. The van der Waals surface area contributed by atoms with E-state index >= 15 is 0 Å². The summed E-state index contributed by atoms with van der Waals surface area (Å²) in [5.41, 5.74) is 1.61. The number of H-pyrrole nitrogens is 1. The smallest absolute Gasteiger partial charge is 0.306 e. The maximum Gasteiger partial charge on any atom is 0.306 e. The van der Waals surface area contributed by atoms with E-state index in [1.165, 1.54) is 17.4 Å². The summed E-state index contributed by atoms with van der Waals surface area (Å²) < 4.78 is 68.4. The maximum atomic E-state index is 14.3. The number of thiophene rings is 1. The Morgan fingerprint density at radius 2 is 1.88 bits per heavy atom. The number of sulfonamides is 1. The molecule has 0 amide bonds. The molecule has 12 heteroatoms. The minimum atomic E-state index is -3.88. The van der Waals surface area contributed by atoms with Crippen LogP contribution in [-0.2, 0) is 26.6 Å². The number of fused-ring (bicyclic) bond motifs is 3. The van der Waals surface area contributed by atoms with Gasteiger partial charge in [-0.1, -0.05) is 24.3 Å². The van der Waals surface area contributed by atoms with Crippen LogP contribution in [0.2, 0.25) is 0 Å². The van der Waals surface area contributed by atoms with E-state index in [0.717, 1.165) is 12.5 Å². The first-order chi connectivity index (χ1) is 15.4. The molecule has 2 heterocycles. The van der Waals surface area contributed by atoms with E-state index in [1.807, 2.05) is 4.72 Å². The summed E-state index contributed by atoms with van der Waals surface area (Å²) in [7, 11) is -7.61. The maximum absolute atomic E-state index is 14.3. The van der Waals surface area contributed by atoms with E-state index in [-0.39, 0.29) is 17.7 Å². The average Bonchev–Trinajstić information content (AvgIpc) is 3.16. The van der Waals surface area contributed by atoms with E-state index in [2.05, 4.69) is 4.98 Å². The summed E-state index contributed by atoms with van der Waals surface area (Å²) in [4.78, 5) is 15.2. The number of aromatic nitrogens is 1. The Balaban J connectivity index is 1.95. The molecule has 0 aliphatic carbocycles. The molecule has 0 spiro atoms. The van der Waals surface area contributed by atoms with Crippen LogP contribution in [-0.4, -0.2) is 40.6 Å². The summed E-state index contributed by atoms with van der Waals surface area (Å²) in [6.07, 6.45) is -0.282. The van der Waals surface area contributed by atoms with Gasteiger partial charge in [0.2, 0.25) is 10.0 Å². The lowest BCUT2D eigenvalue weighted by molar-refractivity contribution is 0.313. The molecule has 4 aromatic rings. The van der Waals surface area contributed by atoms with Crippen molar-refractivity contribution in [2.75, 3.05) is 12.5 Å². The normalized spacial score (nSPS) is 13.4. The fraction of sp³-hybridized carbons (Fsp3) is 0.190. The molecule has 0 radical (unpaired) electrons. The van der Waals surface area contributed by atoms with Gasteiger partial charge in [0, 0.05) is 28.3 Å². The van der Waals surface area contributed by atoms with E-state index in [1.54, 1.807) is 41.8 Å². The van der Waals surface area contributed by atoms with Crippen LogP contribution in [0.25, 0.3) is 32.1 Å². The summed E-state index contributed by atoms with van der Waals surface area (Å²) in [5.74, 6) is 0.0489. The summed E-state index contributed by atoms with van der Waals surface area (Å²) >= 11 is 1.25. The second-order valence-electron chi connectivity index (χ2n) is 7.53. The van der Waals surface area contributed by atoms with Gasteiger partial charge in [-0.25, -0.2) is 12.8 Å². The zero-order valence-corrected chi connectivity index (χ0v) is 19.9. The van der Waals surface area contributed by atoms with Crippen molar-refractivity contribution in [2.45, 2.75) is 12.7 Å². The molecule has 2 N–H and O–H groups in total. The molecule has 8 nitrogen and oxygen atoms in total. The molecule has 0 aliphatic rings. The summed E-state index contributed by atoms with van der Waals surface area (Å²) in [6, 6.07) is 11.4. The molecule has 2 aromatic heterocycles. The first kappa shape index (κ1) is 23.4. The van der Waals surface area contributed by atoms with Crippen molar-refractivity contribution in [3.8, 4) is 16.9 Å². The lowest BCUT2D eigenvalue weighted by Gasteiger charge is -2.15. The number of benzene rings is 2. The van der Waals surface area contributed by atoms with Crippen molar-refractivity contribution in [1.82, 2.24) is 9.71 Å². The second-order valence-corrected chi connectivity index (χ2v) is 11.8. The lowest BCUT2D eigenvalue weighted by Crippen LogP contribution is -2.32. The molecule has 0 saturated heterocycles. The molecule has 0 aliphatic heterocycles. The third-order valence-corrected chi connectivity index (χ3v) is 6.85. The van der Waals surface area contributed by atoms with E-state index in [4.69, 9.17) is 4.18 Å². The summed E-state index contributed by atoms with van der Waals surface area (Å²) in [5, 5.41) is 2.96. The number of alkyl halides is 1. The highest BCUT2D eigenvalue weighted by atomic mass is 32.2. The predicted octanol–water partition coefficient (Wildman–Crippen LogP) is 3.14. The van der Waals surface area contributed by atoms with Gasteiger partial charge in [-0.15, -0.1) is 11.3 Å². The van der Waals surface area contributed by atoms with Crippen LogP contribution in [0.5, 0.6) is 5.75 Å². The molecule has 33 heavy (non-hydrogen) atoms. The van der Waals surface area contributed by atoms with Crippen molar-refractivity contribution < 1.29 is 25.4 Å². The Morgan fingerprint density at radius 3 is 2.58 bits per heavy atom. The van der Waals surface area contributed by atoms with Gasteiger partial charge in [0.05, 0.1) is 12.5 Å². The van der Waals surface area contributed by atoms with Crippen molar-refractivity contribution in [3.05, 3.63) is 63.8 Å². The van der Waals surface area contributed by atoms with Gasteiger partial charge in [-0.2, -0.15) is 13.1 Å². The van der Waals surface area contributed by atoms with Gasteiger partial charge in [0.25, 0.3) is 5.56 Å². The highest BCUT2D eigenvalue weighted by Gasteiger charge is 2.20. The molecule has 0 fully saturated rings. The van der Waals surface area contributed by atoms with Gasteiger partial charge < -0.3 is 9.17 Å². The number of hydrogen-bond donors (Lipinski definition) is 2. The number of nitrogens with one attached hydrogen (secondary N) is 2. The van der Waals surface area contributed by atoms with Gasteiger partial charge in [-0.05, 0) is 34.7 Å². The van der Waals surface area contributed by atoms with Gasteiger partial charge >= 0.3 is 10.1 Å². The largest absolute Gasteiger partial charge is 0.382 e. The average molecular weight is 511 g/mol. The van der Waals surface area contributed by atoms with E-state index in [9.17, 15) is 26.0 Å². The SMILES string of the molecule is CS(=O)(=O)NC(F)Cc1cccc(-c2c(OS(C)(=O)=O)ccc3[nH]c(=O)c4sccc4c23)c1. The zero-order valence-electron chi connectivity index (χ0n) is 17.5. The molecular formula is C21H19FN2O6S3. The zero-order chi connectivity index (χ0) is 24.0. The topological polar surface area (TPSA) is 122 Å². The standard InChI is InChI=1S/C21H19FN2O6S3/c1-32(26,27)24-17(22)11-12-4-3-5-13(10-12)18-16(30-33(2,28)29)7-6-15-19(18)14-8-9-31-20(14)21(25)23-15/h3-10,17,24H,11H2,1-2H3,(H,23,25). The number of rotatable bonds is 7. The van der Waals surface area contributed by atoms with Crippen LogP contribution in [0.15, 0.2) is 52.6 Å². The Bertz CT molecular complexity index is 1640. The molecule has 0 bridgehead atoms. The van der Waals surface area contributed by atoms with Crippen LogP contribution in [0.3, 0.4) is 0 Å². The van der Waals surface area contributed by atoms with Crippen molar-refractivity contribution >= 4 is 52.5 Å². The highest BCUT2D eigenvalue weighted by Crippen LogP contribution is 2.41. The first-order valence-corrected chi connectivity index (χ1v) is 14.2. The monoisotopic (exact) mass is 510 g/mol. The molecule has 1 atom stereocenters. The third-order valence-electron chi connectivity index (χ3n) is 4.77. The molecule has 1 unspecified atom stereocenters. The molecule has 174 valence electrons. The van der Waals surface area contributed by atoms with Gasteiger partial charge in [0.1, 0.15) is 4.70 Å². The fourth-order valence-electron chi connectivity index (χ4n) is 3.68. The van der Waals surface area contributed by atoms with Gasteiger partial charge in [0.15, 0.2) is 12.0 Å². The number of halogens is 1. The van der Waals surface area contributed by atoms with Crippen LogP contribution in [0, 0.1) is 0 Å². The minimum absolute atomic E-state index is 0.0489. The molecular weight excluding hydrogens is 491 g/mol. The molecule has 4 rings (SSSR count). The van der Waals surface area contributed by atoms with Crippen molar-refractivity contribution in [3.63, 3.8) is 0 Å². The van der Waals surface area contributed by atoms with Crippen molar-refractivity contribution in [1.29, 1.82) is 0 Å². The summed E-state index contributed by atoms with van der Waals surface area (Å²) in [6.45, 7) is 0. The van der Waals surface area contributed by atoms with Crippen LogP contribution >= 0.6 is 11.3 Å². The molecule has 0 saturated carbocycles. The Labute approximate surface area is 193 Å². The number of pyridine rings is 1.